The predicted octanol–water partition coefficient (Wildman–Crippen LogP) is 4.33. The Morgan fingerprint density at radius 3 is 1.96 bits per heavy atom. The zero-order chi connectivity index (χ0) is 18.5. The van der Waals surface area contributed by atoms with E-state index in [1.54, 1.807) is 42.5 Å². The van der Waals surface area contributed by atoms with Crippen molar-refractivity contribution in [3.8, 4) is 16.9 Å². The molecule has 0 saturated carbocycles. The van der Waals surface area contributed by atoms with Gasteiger partial charge in [-0.05, 0) is 34.9 Å². The lowest BCUT2D eigenvalue weighted by atomic mass is 9.99. The van der Waals surface area contributed by atoms with E-state index in [1.807, 2.05) is 24.3 Å². The third kappa shape index (κ3) is 3.72. The number of rotatable bonds is 6. The summed E-state index contributed by atoms with van der Waals surface area (Å²) in [7, 11) is 0. The molecule has 0 amide bonds. The molecular formula is C21H16O5. The van der Waals surface area contributed by atoms with Crippen LogP contribution in [0, 0.1) is 0 Å². The number of ether oxygens (including phenoxy) is 1. The second kappa shape index (κ2) is 7.53. The van der Waals surface area contributed by atoms with Crippen molar-refractivity contribution < 1.29 is 24.5 Å². The second-order valence-corrected chi connectivity index (χ2v) is 5.64. The molecule has 3 aromatic carbocycles. The van der Waals surface area contributed by atoms with Crippen molar-refractivity contribution in [2.45, 2.75) is 6.61 Å². The molecule has 3 aromatic rings. The number of para-hydroxylation sites is 1. The Balaban J connectivity index is 1.77. The van der Waals surface area contributed by atoms with Crippen LogP contribution in [0.3, 0.4) is 0 Å². The first-order valence-corrected chi connectivity index (χ1v) is 7.93. The van der Waals surface area contributed by atoms with Gasteiger partial charge < -0.3 is 14.9 Å². The van der Waals surface area contributed by atoms with E-state index < -0.39 is 11.9 Å². The maximum absolute atomic E-state index is 11.3. The van der Waals surface area contributed by atoms with E-state index in [-0.39, 0.29) is 17.7 Å². The topological polar surface area (TPSA) is 83.8 Å². The number of carboxylic acid groups (broad SMARTS) is 2. The van der Waals surface area contributed by atoms with Crippen LogP contribution in [-0.4, -0.2) is 22.2 Å². The molecule has 0 aliphatic carbocycles. The molecule has 0 heterocycles. The van der Waals surface area contributed by atoms with Crippen LogP contribution in [0.15, 0.2) is 72.8 Å². The van der Waals surface area contributed by atoms with E-state index in [1.165, 1.54) is 6.07 Å². The SMILES string of the molecule is O=C(O)c1ccccc1OCc1ccc(-c2ccccc2C(=O)O)cc1. The molecular weight excluding hydrogens is 332 g/mol. The van der Waals surface area contributed by atoms with Gasteiger partial charge in [-0.25, -0.2) is 9.59 Å². The molecule has 0 unspecified atom stereocenters. The molecule has 0 spiro atoms. The molecule has 3 rings (SSSR count). The van der Waals surface area contributed by atoms with Crippen LogP contribution in [-0.2, 0) is 6.61 Å². The maximum Gasteiger partial charge on any atom is 0.339 e. The van der Waals surface area contributed by atoms with Gasteiger partial charge in [0.05, 0.1) is 5.56 Å². The molecule has 5 heteroatoms. The Bertz CT molecular complexity index is 945. The van der Waals surface area contributed by atoms with Crippen molar-refractivity contribution in [2.24, 2.45) is 0 Å². The minimum absolute atomic E-state index is 0.111. The highest BCUT2D eigenvalue weighted by molar-refractivity contribution is 5.96. The quantitative estimate of drug-likeness (QED) is 0.693. The highest BCUT2D eigenvalue weighted by Gasteiger charge is 2.12. The zero-order valence-electron chi connectivity index (χ0n) is 13.8. The van der Waals surface area contributed by atoms with Gasteiger partial charge in [-0.2, -0.15) is 0 Å². The van der Waals surface area contributed by atoms with Crippen LogP contribution in [0.4, 0.5) is 0 Å². The van der Waals surface area contributed by atoms with Crippen LogP contribution in [0.5, 0.6) is 5.75 Å². The molecule has 0 aliphatic rings. The fraction of sp³-hybridized carbons (Fsp3) is 0.0476. The Hall–Kier alpha value is -3.60. The molecule has 0 radical (unpaired) electrons. The van der Waals surface area contributed by atoms with Crippen molar-refractivity contribution in [3.63, 3.8) is 0 Å². The van der Waals surface area contributed by atoms with Gasteiger partial charge in [0, 0.05) is 0 Å². The minimum atomic E-state index is -1.04. The van der Waals surface area contributed by atoms with Crippen LogP contribution < -0.4 is 4.74 Å². The Morgan fingerprint density at radius 2 is 1.31 bits per heavy atom. The van der Waals surface area contributed by atoms with Crippen molar-refractivity contribution in [3.05, 3.63) is 89.5 Å². The summed E-state index contributed by atoms with van der Waals surface area (Å²) in [6, 6.07) is 20.6. The summed E-state index contributed by atoms with van der Waals surface area (Å²) in [5, 5.41) is 18.5. The fourth-order valence-corrected chi connectivity index (χ4v) is 2.63. The summed E-state index contributed by atoms with van der Waals surface area (Å²) in [6.45, 7) is 0.213. The average molecular weight is 348 g/mol. The monoisotopic (exact) mass is 348 g/mol. The van der Waals surface area contributed by atoms with Gasteiger partial charge in [-0.1, -0.05) is 54.6 Å². The van der Waals surface area contributed by atoms with Gasteiger partial charge in [0.25, 0.3) is 0 Å². The highest BCUT2D eigenvalue weighted by atomic mass is 16.5. The minimum Gasteiger partial charge on any atom is -0.488 e. The number of aromatic carboxylic acids is 2. The first kappa shape index (κ1) is 17.2. The molecule has 0 aliphatic heterocycles. The van der Waals surface area contributed by atoms with Crippen molar-refractivity contribution in [2.75, 3.05) is 0 Å². The number of hydrogen-bond acceptors (Lipinski definition) is 3. The Morgan fingerprint density at radius 1 is 0.731 bits per heavy atom. The molecule has 0 bridgehead atoms. The molecule has 0 fully saturated rings. The van der Waals surface area contributed by atoms with Gasteiger partial charge >= 0.3 is 11.9 Å². The molecule has 26 heavy (non-hydrogen) atoms. The smallest absolute Gasteiger partial charge is 0.339 e. The van der Waals surface area contributed by atoms with Crippen LogP contribution in [0.25, 0.3) is 11.1 Å². The maximum atomic E-state index is 11.3. The summed E-state index contributed by atoms with van der Waals surface area (Å²) in [4.78, 5) is 22.5. The van der Waals surface area contributed by atoms with Gasteiger partial charge in [0.2, 0.25) is 0 Å². The number of carbonyl (C=O) groups is 2. The summed E-state index contributed by atoms with van der Waals surface area (Å²) in [5.74, 6) is -1.71. The van der Waals surface area contributed by atoms with E-state index >= 15 is 0 Å². The first-order valence-electron chi connectivity index (χ1n) is 7.93. The van der Waals surface area contributed by atoms with E-state index in [0.29, 0.717) is 11.3 Å². The molecule has 130 valence electrons. The third-order valence-electron chi connectivity index (χ3n) is 3.93. The van der Waals surface area contributed by atoms with E-state index in [4.69, 9.17) is 9.84 Å². The summed E-state index contributed by atoms with van der Waals surface area (Å²) >= 11 is 0. The lowest BCUT2D eigenvalue weighted by Gasteiger charge is -2.10. The van der Waals surface area contributed by atoms with E-state index in [0.717, 1.165) is 11.1 Å². The lowest BCUT2D eigenvalue weighted by molar-refractivity contribution is 0.0683. The van der Waals surface area contributed by atoms with Gasteiger partial charge in [0.1, 0.15) is 17.9 Å². The summed E-state index contributed by atoms with van der Waals surface area (Å²) < 4.78 is 5.62. The third-order valence-corrected chi connectivity index (χ3v) is 3.93. The molecule has 0 atom stereocenters. The molecule has 5 nitrogen and oxygen atoms in total. The predicted molar refractivity (Wildman–Crippen MR) is 96.6 cm³/mol. The molecule has 0 aromatic heterocycles. The first-order chi connectivity index (χ1) is 12.6. The van der Waals surface area contributed by atoms with Crippen LogP contribution >= 0.6 is 0 Å². The van der Waals surface area contributed by atoms with Crippen molar-refractivity contribution in [1.29, 1.82) is 0 Å². The highest BCUT2D eigenvalue weighted by Crippen LogP contribution is 2.25. The average Bonchev–Trinajstić information content (AvgIpc) is 2.67. The molecule has 0 saturated heterocycles. The van der Waals surface area contributed by atoms with E-state index in [2.05, 4.69) is 0 Å². The summed E-state index contributed by atoms with van der Waals surface area (Å²) in [6.07, 6.45) is 0. The van der Waals surface area contributed by atoms with Crippen LogP contribution in [0.2, 0.25) is 0 Å². The second-order valence-electron chi connectivity index (χ2n) is 5.64. The molecule has 2 N–H and O–H groups in total. The lowest BCUT2D eigenvalue weighted by Crippen LogP contribution is -2.03. The fourth-order valence-electron chi connectivity index (χ4n) is 2.63. The normalized spacial score (nSPS) is 10.3. The van der Waals surface area contributed by atoms with Crippen molar-refractivity contribution in [1.82, 2.24) is 0 Å². The summed E-state index contributed by atoms with van der Waals surface area (Å²) in [5.41, 5.74) is 2.63. The number of carboxylic acids is 2. The Labute approximate surface area is 150 Å². The van der Waals surface area contributed by atoms with Gasteiger partial charge in [0.15, 0.2) is 0 Å². The van der Waals surface area contributed by atoms with Gasteiger partial charge in [-0.15, -0.1) is 0 Å². The number of benzene rings is 3. The van der Waals surface area contributed by atoms with Gasteiger partial charge in [-0.3, -0.25) is 0 Å². The van der Waals surface area contributed by atoms with Crippen molar-refractivity contribution >= 4 is 11.9 Å². The van der Waals surface area contributed by atoms with E-state index in [9.17, 15) is 14.7 Å². The largest absolute Gasteiger partial charge is 0.488 e. The Kier molecular flexibility index (Phi) is 4.99. The zero-order valence-corrected chi connectivity index (χ0v) is 13.8. The number of hydrogen-bond donors (Lipinski definition) is 2. The standard InChI is InChI=1S/C21H16O5/c22-20(23)17-6-2-1-5-16(17)15-11-9-14(10-12-15)13-26-19-8-4-3-7-18(19)21(24)25/h1-12H,13H2,(H,22,23)(H,24,25). The van der Waals surface area contributed by atoms with Crippen LogP contribution in [0.1, 0.15) is 26.3 Å².